The number of halogens is 3. The third-order valence-corrected chi connectivity index (χ3v) is 3.20. The van der Waals surface area contributed by atoms with Gasteiger partial charge in [0, 0.05) is 5.56 Å². The molecule has 0 aliphatic rings. The summed E-state index contributed by atoms with van der Waals surface area (Å²) in [7, 11) is 0. The Kier molecular flexibility index (Phi) is 4.07. The molecule has 1 aromatic carbocycles. The van der Waals surface area contributed by atoms with Gasteiger partial charge in [-0.05, 0) is 24.8 Å². The van der Waals surface area contributed by atoms with Crippen LogP contribution in [0.25, 0.3) is 0 Å². The van der Waals surface area contributed by atoms with Crippen molar-refractivity contribution >= 4 is 0 Å². The smallest absolute Gasteiger partial charge is 0.395 e. The van der Waals surface area contributed by atoms with Gasteiger partial charge >= 0.3 is 6.18 Å². The first-order chi connectivity index (χ1) is 7.79. The minimum absolute atomic E-state index is 0.0460. The van der Waals surface area contributed by atoms with Gasteiger partial charge in [0.25, 0.3) is 0 Å². The normalized spacial score (nSPS) is 15.6. The molecule has 0 amide bonds. The number of benzene rings is 1. The predicted molar refractivity (Wildman–Crippen MR) is 61.3 cm³/mol. The maximum Gasteiger partial charge on any atom is 0.395 e. The fourth-order valence-corrected chi connectivity index (χ4v) is 1.72. The van der Waals surface area contributed by atoms with Crippen molar-refractivity contribution in [1.29, 1.82) is 0 Å². The number of aromatic hydroxyl groups is 1. The van der Waals surface area contributed by atoms with Crippen LogP contribution in [0.2, 0.25) is 0 Å². The van der Waals surface area contributed by atoms with Crippen molar-refractivity contribution in [1.82, 2.24) is 0 Å². The average molecular weight is 246 g/mol. The van der Waals surface area contributed by atoms with Crippen molar-refractivity contribution in [2.24, 2.45) is 0 Å². The van der Waals surface area contributed by atoms with Gasteiger partial charge in [-0.1, -0.05) is 32.0 Å². The topological polar surface area (TPSA) is 20.2 Å². The van der Waals surface area contributed by atoms with E-state index in [1.54, 1.807) is 12.1 Å². The standard InChI is InChI=1S/C13H17F3O/c1-4-8(2)10-6-5-7-11(12(10)17)9(3)13(14,15)16/h5-9,17H,4H2,1-3H3. The lowest BCUT2D eigenvalue weighted by Crippen LogP contribution is -2.18. The van der Waals surface area contributed by atoms with Gasteiger partial charge in [-0.3, -0.25) is 0 Å². The lowest BCUT2D eigenvalue weighted by Gasteiger charge is -2.20. The van der Waals surface area contributed by atoms with Crippen LogP contribution in [0.3, 0.4) is 0 Å². The number of hydrogen-bond acceptors (Lipinski definition) is 1. The molecular weight excluding hydrogens is 229 g/mol. The molecule has 0 bridgehead atoms. The van der Waals surface area contributed by atoms with Crippen LogP contribution in [0, 0.1) is 0 Å². The van der Waals surface area contributed by atoms with Crippen molar-refractivity contribution in [3.63, 3.8) is 0 Å². The monoisotopic (exact) mass is 246 g/mol. The first-order valence-corrected chi connectivity index (χ1v) is 5.67. The molecule has 0 saturated carbocycles. The van der Waals surface area contributed by atoms with Crippen molar-refractivity contribution < 1.29 is 18.3 Å². The highest BCUT2D eigenvalue weighted by atomic mass is 19.4. The maximum absolute atomic E-state index is 12.6. The third-order valence-electron chi connectivity index (χ3n) is 3.20. The highest BCUT2D eigenvalue weighted by molar-refractivity contribution is 5.44. The van der Waals surface area contributed by atoms with Gasteiger partial charge in [0.05, 0.1) is 5.92 Å². The Morgan fingerprint density at radius 2 is 1.71 bits per heavy atom. The van der Waals surface area contributed by atoms with Crippen LogP contribution in [-0.2, 0) is 0 Å². The lowest BCUT2D eigenvalue weighted by molar-refractivity contribution is -0.146. The van der Waals surface area contributed by atoms with E-state index in [1.165, 1.54) is 6.07 Å². The fraction of sp³-hybridized carbons (Fsp3) is 0.538. The van der Waals surface area contributed by atoms with Crippen LogP contribution >= 0.6 is 0 Å². The van der Waals surface area contributed by atoms with Gasteiger partial charge in [0.15, 0.2) is 0 Å². The summed E-state index contributed by atoms with van der Waals surface area (Å²) in [6, 6.07) is 4.58. The Morgan fingerprint density at radius 1 is 1.18 bits per heavy atom. The number of para-hydroxylation sites is 1. The zero-order valence-corrected chi connectivity index (χ0v) is 10.2. The van der Waals surface area contributed by atoms with Crippen LogP contribution in [-0.4, -0.2) is 11.3 Å². The second-order valence-corrected chi connectivity index (χ2v) is 4.36. The average Bonchev–Trinajstić information content (AvgIpc) is 2.26. The second kappa shape index (κ2) is 4.98. The Labute approximate surface area is 99.3 Å². The van der Waals surface area contributed by atoms with Crippen molar-refractivity contribution in [2.45, 2.75) is 45.2 Å². The number of alkyl halides is 3. The number of phenols is 1. The summed E-state index contributed by atoms with van der Waals surface area (Å²) in [4.78, 5) is 0. The summed E-state index contributed by atoms with van der Waals surface area (Å²) in [5.41, 5.74) is 0.538. The number of phenolic OH excluding ortho intramolecular Hbond substituents is 1. The molecule has 0 radical (unpaired) electrons. The molecule has 0 saturated heterocycles. The van der Waals surface area contributed by atoms with Gasteiger partial charge < -0.3 is 5.11 Å². The quantitative estimate of drug-likeness (QED) is 0.828. The van der Waals surface area contributed by atoms with E-state index in [0.29, 0.717) is 5.56 Å². The molecule has 96 valence electrons. The summed E-state index contributed by atoms with van der Waals surface area (Å²) in [6.45, 7) is 4.89. The predicted octanol–water partition coefficient (Wildman–Crippen LogP) is 4.57. The van der Waals surface area contributed by atoms with E-state index >= 15 is 0 Å². The summed E-state index contributed by atoms with van der Waals surface area (Å²) in [6.07, 6.45) is -3.55. The minimum atomic E-state index is -4.33. The van der Waals surface area contributed by atoms with E-state index in [0.717, 1.165) is 13.3 Å². The fourth-order valence-electron chi connectivity index (χ4n) is 1.72. The Hall–Kier alpha value is -1.19. The van der Waals surface area contributed by atoms with Gasteiger partial charge in [-0.2, -0.15) is 13.2 Å². The largest absolute Gasteiger partial charge is 0.507 e. The summed E-state index contributed by atoms with van der Waals surface area (Å²) < 4.78 is 37.9. The molecule has 0 aliphatic carbocycles. The molecule has 0 heterocycles. The van der Waals surface area contributed by atoms with Crippen LogP contribution in [0.15, 0.2) is 18.2 Å². The summed E-state index contributed by atoms with van der Waals surface area (Å²) in [5, 5.41) is 9.92. The van der Waals surface area contributed by atoms with Gasteiger partial charge in [0.2, 0.25) is 0 Å². The molecule has 4 heteroatoms. The van der Waals surface area contributed by atoms with Crippen LogP contribution in [0.4, 0.5) is 13.2 Å². The molecule has 2 atom stereocenters. The Balaban J connectivity index is 3.19. The van der Waals surface area contributed by atoms with E-state index in [9.17, 15) is 18.3 Å². The van der Waals surface area contributed by atoms with Gasteiger partial charge in [0.1, 0.15) is 5.75 Å². The number of hydrogen-bond donors (Lipinski definition) is 1. The van der Waals surface area contributed by atoms with Gasteiger partial charge in [-0.25, -0.2) is 0 Å². The zero-order chi connectivity index (χ0) is 13.2. The molecule has 2 unspecified atom stereocenters. The Morgan fingerprint density at radius 3 is 2.18 bits per heavy atom. The van der Waals surface area contributed by atoms with Crippen molar-refractivity contribution in [2.75, 3.05) is 0 Å². The van der Waals surface area contributed by atoms with Crippen LogP contribution in [0.1, 0.15) is 50.2 Å². The molecule has 17 heavy (non-hydrogen) atoms. The van der Waals surface area contributed by atoms with Gasteiger partial charge in [-0.15, -0.1) is 0 Å². The minimum Gasteiger partial charge on any atom is -0.507 e. The lowest BCUT2D eigenvalue weighted by atomic mass is 9.91. The van der Waals surface area contributed by atoms with Crippen LogP contribution in [0.5, 0.6) is 5.75 Å². The van der Waals surface area contributed by atoms with Crippen molar-refractivity contribution in [3.05, 3.63) is 29.3 Å². The SMILES string of the molecule is CCC(C)c1cccc(C(C)C(F)(F)F)c1O. The highest BCUT2D eigenvalue weighted by Crippen LogP contribution is 2.41. The maximum atomic E-state index is 12.6. The van der Waals surface area contributed by atoms with Crippen LogP contribution < -0.4 is 0 Å². The van der Waals surface area contributed by atoms with Crippen molar-refractivity contribution in [3.8, 4) is 5.75 Å². The highest BCUT2D eigenvalue weighted by Gasteiger charge is 2.38. The molecule has 0 spiro atoms. The second-order valence-electron chi connectivity index (χ2n) is 4.36. The zero-order valence-electron chi connectivity index (χ0n) is 10.2. The molecule has 0 aliphatic heterocycles. The summed E-state index contributed by atoms with van der Waals surface area (Å²) >= 11 is 0. The van der Waals surface area contributed by atoms with E-state index in [2.05, 4.69) is 0 Å². The molecule has 1 nitrogen and oxygen atoms in total. The first kappa shape index (κ1) is 13.9. The van der Waals surface area contributed by atoms with E-state index < -0.39 is 12.1 Å². The molecule has 1 aromatic rings. The molecular formula is C13H17F3O. The first-order valence-electron chi connectivity index (χ1n) is 5.67. The van der Waals surface area contributed by atoms with E-state index in [-0.39, 0.29) is 17.2 Å². The molecule has 1 N–H and O–H groups in total. The number of rotatable bonds is 3. The third kappa shape index (κ3) is 2.93. The summed E-state index contributed by atoms with van der Waals surface area (Å²) in [5.74, 6) is -1.81. The Bertz CT molecular complexity index is 385. The molecule has 0 fully saturated rings. The van der Waals surface area contributed by atoms with E-state index in [1.807, 2.05) is 13.8 Å². The molecule has 0 aromatic heterocycles. The van der Waals surface area contributed by atoms with E-state index in [4.69, 9.17) is 0 Å². The molecule has 1 rings (SSSR count).